The zero-order chi connectivity index (χ0) is 19.3. The Bertz CT molecular complexity index is 877. The van der Waals surface area contributed by atoms with E-state index in [0.29, 0.717) is 17.1 Å². The lowest BCUT2D eigenvalue weighted by Gasteiger charge is -2.13. The topological polar surface area (TPSA) is 93.7 Å². The van der Waals surface area contributed by atoms with Gasteiger partial charge in [0.25, 0.3) is 15.9 Å². The average molecular weight is 378 g/mol. The van der Waals surface area contributed by atoms with Crippen LogP contribution in [0.5, 0.6) is 11.5 Å². The van der Waals surface area contributed by atoms with E-state index in [4.69, 9.17) is 9.47 Å². The molecule has 2 rings (SSSR count). The van der Waals surface area contributed by atoms with Crippen LogP contribution in [-0.4, -0.2) is 34.6 Å². The van der Waals surface area contributed by atoms with E-state index < -0.39 is 10.0 Å². The fourth-order valence-electron chi connectivity index (χ4n) is 2.22. The van der Waals surface area contributed by atoms with Gasteiger partial charge >= 0.3 is 0 Å². The van der Waals surface area contributed by atoms with Gasteiger partial charge in [0.15, 0.2) is 0 Å². The van der Waals surface area contributed by atoms with Gasteiger partial charge in [-0.05, 0) is 50.2 Å². The maximum atomic E-state index is 12.6. The third-order valence-electron chi connectivity index (χ3n) is 3.50. The number of sulfonamides is 1. The summed E-state index contributed by atoms with van der Waals surface area (Å²) in [6, 6.07) is 10.5. The molecule has 8 heteroatoms. The van der Waals surface area contributed by atoms with Gasteiger partial charge in [0, 0.05) is 17.7 Å². The molecule has 2 aromatic rings. The van der Waals surface area contributed by atoms with Crippen molar-refractivity contribution in [1.29, 1.82) is 0 Å². The summed E-state index contributed by atoms with van der Waals surface area (Å²) >= 11 is 0. The number of rotatable bonds is 7. The van der Waals surface area contributed by atoms with E-state index in [1.54, 1.807) is 18.2 Å². The number of nitrogens with one attached hydrogen (secondary N) is 2. The Morgan fingerprint density at radius 2 is 1.65 bits per heavy atom. The van der Waals surface area contributed by atoms with E-state index in [2.05, 4.69) is 10.0 Å². The van der Waals surface area contributed by atoms with E-state index >= 15 is 0 Å². The zero-order valence-electron chi connectivity index (χ0n) is 15.1. The number of methoxy groups -OCH3 is 2. The van der Waals surface area contributed by atoms with Crippen molar-refractivity contribution in [2.75, 3.05) is 18.9 Å². The standard InChI is InChI=1S/C18H22N2O5S/c1-12(2)19-18(21)13-5-8-15(9-6-13)26(22,23)20-16-10-7-14(24-3)11-17(16)25-4/h5-12,20H,1-4H3,(H,19,21). The molecule has 1 amide bonds. The van der Waals surface area contributed by atoms with Crippen molar-refractivity contribution in [3.63, 3.8) is 0 Å². The molecule has 0 heterocycles. The second-order valence-electron chi connectivity index (χ2n) is 5.82. The van der Waals surface area contributed by atoms with Crippen molar-refractivity contribution in [1.82, 2.24) is 5.32 Å². The highest BCUT2D eigenvalue weighted by Gasteiger charge is 2.18. The predicted molar refractivity (Wildman–Crippen MR) is 99.4 cm³/mol. The second-order valence-corrected chi connectivity index (χ2v) is 7.51. The quantitative estimate of drug-likeness (QED) is 0.772. The van der Waals surface area contributed by atoms with E-state index in [1.807, 2.05) is 13.8 Å². The molecule has 2 aromatic carbocycles. The second kappa shape index (κ2) is 8.09. The summed E-state index contributed by atoms with van der Waals surface area (Å²) in [6.45, 7) is 3.70. The lowest BCUT2D eigenvalue weighted by atomic mass is 10.2. The fourth-order valence-corrected chi connectivity index (χ4v) is 3.29. The largest absolute Gasteiger partial charge is 0.497 e. The number of amides is 1. The normalized spacial score (nSPS) is 11.1. The minimum atomic E-state index is -3.83. The van der Waals surface area contributed by atoms with Crippen LogP contribution in [0, 0.1) is 0 Å². The highest BCUT2D eigenvalue weighted by atomic mass is 32.2. The molecule has 140 valence electrons. The molecule has 7 nitrogen and oxygen atoms in total. The van der Waals surface area contributed by atoms with Gasteiger partial charge in [0.1, 0.15) is 11.5 Å². The van der Waals surface area contributed by atoms with E-state index in [1.165, 1.54) is 38.5 Å². The van der Waals surface area contributed by atoms with Crippen molar-refractivity contribution < 1.29 is 22.7 Å². The lowest BCUT2D eigenvalue weighted by Crippen LogP contribution is -2.30. The molecule has 0 fully saturated rings. The van der Waals surface area contributed by atoms with Crippen molar-refractivity contribution in [2.24, 2.45) is 0 Å². The Morgan fingerprint density at radius 3 is 2.19 bits per heavy atom. The summed E-state index contributed by atoms with van der Waals surface area (Å²) in [7, 11) is -0.885. The lowest BCUT2D eigenvalue weighted by molar-refractivity contribution is 0.0943. The molecular weight excluding hydrogens is 356 g/mol. The van der Waals surface area contributed by atoms with Gasteiger partial charge in [0.05, 0.1) is 24.8 Å². The molecule has 0 aliphatic rings. The minimum Gasteiger partial charge on any atom is -0.497 e. The summed E-state index contributed by atoms with van der Waals surface area (Å²) in [5.74, 6) is 0.625. The molecule has 0 aliphatic heterocycles. The van der Waals surface area contributed by atoms with Crippen LogP contribution in [0.2, 0.25) is 0 Å². The molecule has 0 saturated carbocycles. The third kappa shape index (κ3) is 4.66. The molecule has 0 bridgehead atoms. The number of hydrogen-bond acceptors (Lipinski definition) is 5. The van der Waals surface area contributed by atoms with Crippen LogP contribution in [0.25, 0.3) is 0 Å². The molecule has 0 aliphatic carbocycles. The summed E-state index contributed by atoms with van der Waals surface area (Å²) in [5.41, 5.74) is 0.676. The number of carbonyl (C=O) groups is 1. The monoisotopic (exact) mass is 378 g/mol. The number of anilines is 1. The number of benzene rings is 2. The molecule has 0 atom stereocenters. The van der Waals surface area contributed by atoms with E-state index in [9.17, 15) is 13.2 Å². The van der Waals surface area contributed by atoms with Crippen molar-refractivity contribution in [3.8, 4) is 11.5 Å². The molecule has 2 N–H and O–H groups in total. The predicted octanol–water partition coefficient (Wildman–Crippen LogP) is 2.64. The SMILES string of the molecule is COc1ccc(NS(=O)(=O)c2ccc(C(=O)NC(C)C)cc2)c(OC)c1. The molecule has 0 unspecified atom stereocenters. The molecule has 26 heavy (non-hydrogen) atoms. The van der Waals surface area contributed by atoms with Crippen LogP contribution in [0.4, 0.5) is 5.69 Å². The number of hydrogen-bond donors (Lipinski definition) is 2. The average Bonchev–Trinajstić information content (AvgIpc) is 2.61. The van der Waals surface area contributed by atoms with Gasteiger partial charge in [0.2, 0.25) is 0 Å². The van der Waals surface area contributed by atoms with Gasteiger partial charge in [-0.15, -0.1) is 0 Å². The van der Waals surface area contributed by atoms with Crippen LogP contribution in [0.3, 0.4) is 0 Å². The van der Waals surface area contributed by atoms with Gasteiger partial charge < -0.3 is 14.8 Å². The van der Waals surface area contributed by atoms with Crippen LogP contribution in [0.1, 0.15) is 24.2 Å². The highest BCUT2D eigenvalue weighted by Crippen LogP contribution is 2.30. The van der Waals surface area contributed by atoms with Crippen LogP contribution in [-0.2, 0) is 10.0 Å². The first-order chi connectivity index (χ1) is 12.3. The summed E-state index contributed by atoms with van der Waals surface area (Å²) in [6.07, 6.45) is 0. The fraction of sp³-hybridized carbons (Fsp3) is 0.278. The van der Waals surface area contributed by atoms with Crippen molar-refractivity contribution in [2.45, 2.75) is 24.8 Å². The molecule has 0 aromatic heterocycles. The summed E-state index contributed by atoms with van der Waals surface area (Å²) in [4.78, 5) is 12.0. The van der Waals surface area contributed by atoms with Crippen molar-refractivity contribution >= 4 is 21.6 Å². The Hall–Kier alpha value is -2.74. The van der Waals surface area contributed by atoms with Gasteiger partial charge in [-0.25, -0.2) is 8.42 Å². The first-order valence-electron chi connectivity index (χ1n) is 7.92. The zero-order valence-corrected chi connectivity index (χ0v) is 15.9. The third-order valence-corrected chi connectivity index (χ3v) is 4.88. The number of carbonyl (C=O) groups excluding carboxylic acids is 1. The summed E-state index contributed by atoms with van der Waals surface area (Å²) < 4.78 is 37.9. The van der Waals surface area contributed by atoms with E-state index in [-0.39, 0.29) is 22.5 Å². The first kappa shape index (κ1) is 19.6. The minimum absolute atomic E-state index is 0.00453. The van der Waals surface area contributed by atoms with Crippen LogP contribution in [0.15, 0.2) is 47.4 Å². The molecule has 0 radical (unpaired) electrons. The van der Waals surface area contributed by atoms with E-state index in [0.717, 1.165) is 0 Å². The highest BCUT2D eigenvalue weighted by molar-refractivity contribution is 7.92. The van der Waals surface area contributed by atoms with Crippen LogP contribution >= 0.6 is 0 Å². The maximum Gasteiger partial charge on any atom is 0.262 e. The van der Waals surface area contributed by atoms with Crippen LogP contribution < -0.4 is 19.5 Å². The van der Waals surface area contributed by atoms with Gasteiger partial charge in [-0.3, -0.25) is 9.52 Å². The van der Waals surface area contributed by atoms with Gasteiger partial charge in [-0.2, -0.15) is 0 Å². The number of ether oxygens (including phenoxy) is 2. The van der Waals surface area contributed by atoms with Gasteiger partial charge in [-0.1, -0.05) is 0 Å². The maximum absolute atomic E-state index is 12.6. The van der Waals surface area contributed by atoms with Crippen molar-refractivity contribution in [3.05, 3.63) is 48.0 Å². The molecule has 0 saturated heterocycles. The Kier molecular flexibility index (Phi) is 6.10. The Morgan fingerprint density at radius 1 is 1.00 bits per heavy atom. The first-order valence-corrected chi connectivity index (χ1v) is 9.41. The Labute approximate surface area is 153 Å². The molecule has 0 spiro atoms. The summed E-state index contributed by atoms with van der Waals surface area (Å²) in [5, 5.41) is 2.75. The Balaban J connectivity index is 2.24. The smallest absolute Gasteiger partial charge is 0.262 e. The molecular formula is C18H22N2O5S.